The average molecular weight is 339 g/mol. The summed E-state index contributed by atoms with van der Waals surface area (Å²) in [6.45, 7) is 1.04. The molecule has 0 amide bonds. The van der Waals surface area contributed by atoms with Crippen molar-refractivity contribution in [1.82, 2.24) is 0 Å². The zero-order valence-electron chi connectivity index (χ0n) is 13.2. The minimum absolute atomic E-state index is 0.0881. The van der Waals surface area contributed by atoms with Crippen molar-refractivity contribution in [2.75, 3.05) is 6.61 Å². The number of esters is 1. The SMILES string of the molecule is Cc1cc(C(=O)OCC(=O)c2cc3ccccc3o2)ccc1[N+](=O)[O-]. The van der Waals surface area contributed by atoms with E-state index < -0.39 is 23.3 Å². The van der Waals surface area contributed by atoms with Gasteiger partial charge >= 0.3 is 5.97 Å². The summed E-state index contributed by atoms with van der Waals surface area (Å²) in [6.07, 6.45) is 0. The number of hydrogen-bond donors (Lipinski definition) is 0. The Hall–Kier alpha value is -3.48. The van der Waals surface area contributed by atoms with Crippen LogP contribution in [0, 0.1) is 17.0 Å². The molecule has 7 heteroatoms. The molecule has 0 N–H and O–H groups in total. The van der Waals surface area contributed by atoms with E-state index in [-0.39, 0.29) is 17.0 Å². The Labute approximate surface area is 142 Å². The number of carbonyl (C=O) groups excluding carboxylic acids is 2. The van der Waals surface area contributed by atoms with E-state index in [1.54, 1.807) is 24.3 Å². The summed E-state index contributed by atoms with van der Waals surface area (Å²) in [5.41, 5.74) is 0.960. The average Bonchev–Trinajstić information content (AvgIpc) is 3.03. The van der Waals surface area contributed by atoms with Crippen molar-refractivity contribution in [3.05, 3.63) is 75.5 Å². The number of para-hydroxylation sites is 1. The van der Waals surface area contributed by atoms with Crippen molar-refractivity contribution in [2.24, 2.45) is 0 Å². The zero-order valence-corrected chi connectivity index (χ0v) is 13.2. The van der Waals surface area contributed by atoms with Gasteiger partial charge in [0.2, 0.25) is 5.78 Å². The third-order valence-electron chi connectivity index (χ3n) is 3.66. The Bertz CT molecular complexity index is 955. The molecular weight excluding hydrogens is 326 g/mol. The maximum Gasteiger partial charge on any atom is 0.338 e. The van der Waals surface area contributed by atoms with Crippen LogP contribution in [0.15, 0.2) is 52.9 Å². The Kier molecular flexibility index (Phi) is 4.30. The van der Waals surface area contributed by atoms with Gasteiger partial charge in [-0.05, 0) is 31.2 Å². The molecule has 25 heavy (non-hydrogen) atoms. The number of nitro groups is 1. The van der Waals surface area contributed by atoms with Crippen LogP contribution in [-0.4, -0.2) is 23.3 Å². The molecule has 0 saturated heterocycles. The maximum absolute atomic E-state index is 12.1. The van der Waals surface area contributed by atoms with Crippen LogP contribution in [0.5, 0.6) is 0 Å². The molecule has 0 atom stereocenters. The molecule has 2 aromatic carbocycles. The van der Waals surface area contributed by atoms with E-state index in [0.717, 1.165) is 5.39 Å². The fourth-order valence-corrected chi connectivity index (χ4v) is 2.39. The molecule has 126 valence electrons. The molecule has 0 saturated carbocycles. The summed E-state index contributed by atoms with van der Waals surface area (Å²) in [7, 11) is 0. The Balaban J connectivity index is 1.68. The van der Waals surface area contributed by atoms with Gasteiger partial charge in [0.05, 0.1) is 10.5 Å². The van der Waals surface area contributed by atoms with Gasteiger partial charge in [-0.15, -0.1) is 0 Å². The molecule has 0 aliphatic rings. The van der Waals surface area contributed by atoms with Crippen molar-refractivity contribution in [2.45, 2.75) is 6.92 Å². The van der Waals surface area contributed by atoms with Gasteiger partial charge in [-0.3, -0.25) is 14.9 Å². The summed E-state index contributed by atoms with van der Waals surface area (Å²) in [6, 6.07) is 12.6. The number of ether oxygens (including phenoxy) is 1. The molecule has 0 spiro atoms. The number of aryl methyl sites for hydroxylation is 1. The van der Waals surface area contributed by atoms with Gasteiger partial charge in [0.15, 0.2) is 12.4 Å². The minimum Gasteiger partial charge on any atom is -0.454 e. The highest BCUT2D eigenvalue weighted by molar-refractivity contribution is 6.00. The van der Waals surface area contributed by atoms with Crippen LogP contribution in [0.25, 0.3) is 11.0 Å². The predicted octanol–water partition coefficient (Wildman–Crippen LogP) is 3.69. The van der Waals surface area contributed by atoms with E-state index >= 15 is 0 Å². The molecule has 0 unspecified atom stereocenters. The highest BCUT2D eigenvalue weighted by Gasteiger charge is 2.18. The molecule has 3 rings (SSSR count). The van der Waals surface area contributed by atoms with Crippen molar-refractivity contribution in [1.29, 1.82) is 0 Å². The largest absolute Gasteiger partial charge is 0.454 e. The minimum atomic E-state index is -0.734. The second-order valence-electron chi connectivity index (χ2n) is 5.41. The molecule has 0 fully saturated rings. The number of hydrogen-bond acceptors (Lipinski definition) is 6. The fourth-order valence-electron chi connectivity index (χ4n) is 2.39. The first-order chi connectivity index (χ1) is 12.0. The number of furan rings is 1. The normalized spacial score (nSPS) is 10.6. The van der Waals surface area contributed by atoms with Crippen LogP contribution in [0.1, 0.15) is 26.5 Å². The van der Waals surface area contributed by atoms with Crippen molar-refractivity contribution in [3.8, 4) is 0 Å². The molecule has 0 aliphatic heterocycles. The number of rotatable bonds is 5. The van der Waals surface area contributed by atoms with Crippen LogP contribution in [0.3, 0.4) is 0 Å². The summed E-state index contributed by atoms with van der Waals surface area (Å²) >= 11 is 0. The second-order valence-corrected chi connectivity index (χ2v) is 5.41. The monoisotopic (exact) mass is 339 g/mol. The smallest absolute Gasteiger partial charge is 0.338 e. The third-order valence-corrected chi connectivity index (χ3v) is 3.66. The first kappa shape index (κ1) is 16.4. The lowest BCUT2D eigenvalue weighted by Gasteiger charge is -2.04. The highest BCUT2D eigenvalue weighted by Crippen LogP contribution is 2.21. The van der Waals surface area contributed by atoms with Gasteiger partial charge in [-0.2, -0.15) is 0 Å². The summed E-state index contributed by atoms with van der Waals surface area (Å²) in [5.74, 6) is -1.10. The predicted molar refractivity (Wildman–Crippen MR) is 88.7 cm³/mol. The number of fused-ring (bicyclic) bond motifs is 1. The zero-order chi connectivity index (χ0) is 18.0. The van der Waals surface area contributed by atoms with Crippen molar-refractivity contribution in [3.63, 3.8) is 0 Å². The van der Waals surface area contributed by atoms with E-state index in [4.69, 9.17) is 9.15 Å². The Morgan fingerprint density at radius 2 is 1.92 bits per heavy atom. The topological polar surface area (TPSA) is 99.7 Å². The van der Waals surface area contributed by atoms with Gasteiger partial charge in [0, 0.05) is 17.0 Å². The Morgan fingerprint density at radius 1 is 1.16 bits per heavy atom. The molecule has 0 radical (unpaired) electrons. The molecular formula is C18H13NO6. The molecule has 3 aromatic rings. The summed E-state index contributed by atoms with van der Waals surface area (Å²) in [4.78, 5) is 34.4. The fraction of sp³-hybridized carbons (Fsp3) is 0.111. The quantitative estimate of drug-likeness (QED) is 0.304. The molecule has 0 aliphatic carbocycles. The van der Waals surface area contributed by atoms with Crippen molar-refractivity contribution < 1.29 is 23.7 Å². The van der Waals surface area contributed by atoms with E-state index in [2.05, 4.69) is 0 Å². The molecule has 1 aromatic heterocycles. The van der Waals surface area contributed by atoms with Gasteiger partial charge in [0.1, 0.15) is 5.58 Å². The van der Waals surface area contributed by atoms with Crippen LogP contribution in [-0.2, 0) is 4.74 Å². The second kappa shape index (κ2) is 6.56. The number of Topliss-reactive ketones (excluding diaryl/α,β-unsaturated/α-hetero) is 1. The molecule has 1 heterocycles. The lowest BCUT2D eigenvalue weighted by molar-refractivity contribution is -0.385. The number of nitrogens with zero attached hydrogens (tertiary/aromatic N) is 1. The van der Waals surface area contributed by atoms with Crippen LogP contribution in [0.2, 0.25) is 0 Å². The lowest BCUT2D eigenvalue weighted by atomic mass is 10.1. The van der Waals surface area contributed by atoms with Crippen LogP contribution in [0.4, 0.5) is 5.69 Å². The first-order valence-electron chi connectivity index (χ1n) is 7.39. The number of nitro benzene ring substituents is 1. The van der Waals surface area contributed by atoms with Crippen molar-refractivity contribution >= 4 is 28.4 Å². The molecule has 0 bridgehead atoms. The van der Waals surface area contributed by atoms with E-state index in [1.807, 2.05) is 6.07 Å². The summed E-state index contributed by atoms with van der Waals surface area (Å²) < 4.78 is 10.4. The van der Waals surface area contributed by atoms with E-state index in [0.29, 0.717) is 11.1 Å². The Morgan fingerprint density at radius 3 is 2.60 bits per heavy atom. The first-order valence-corrected chi connectivity index (χ1v) is 7.39. The number of ketones is 1. The van der Waals surface area contributed by atoms with Gasteiger partial charge in [-0.25, -0.2) is 4.79 Å². The molecule has 7 nitrogen and oxygen atoms in total. The van der Waals surface area contributed by atoms with Crippen LogP contribution >= 0.6 is 0 Å². The lowest BCUT2D eigenvalue weighted by Crippen LogP contribution is -2.14. The maximum atomic E-state index is 12.1. The van der Waals surface area contributed by atoms with E-state index in [9.17, 15) is 19.7 Å². The van der Waals surface area contributed by atoms with Gasteiger partial charge in [0.25, 0.3) is 5.69 Å². The third kappa shape index (κ3) is 3.40. The standard InChI is InChI=1S/C18H13NO6/c1-11-8-13(6-7-14(11)19(22)23)18(21)24-10-15(20)17-9-12-4-2-3-5-16(12)25-17/h2-9H,10H2,1H3. The number of benzene rings is 2. The highest BCUT2D eigenvalue weighted by atomic mass is 16.6. The summed E-state index contributed by atoms with van der Waals surface area (Å²) in [5, 5.41) is 11.6. The number of carbonyl (C=O) groups is 2. The van der Waals surface area contributed by atoms with Crippen LogP contribution < -0.4 is 0 Å². The van der Waals surface area contributed by atoms with E-state index in [1.165, 1.54) is 25.1 Å². The van der Waals surface area contributed by atoms with Gasteiger partial charge < -0.3 is 9.15 Å². The van der Waals surface area contributed by atoms with Gasteiger partial charge in [-0.1, -0.05) is 18.2 Å².